The Hall–Kier alpha value is 0.0200. The van der Waals surface area contributed by atoms with Crippen molar-refractivity contribution in [2.45, 2.75) is 19.8 Å². The number of hydrogen-bond acceptors (Lipinski definition) is 1. The molecule has 1 N–H and O–H groups in total. The van der Waals surface area contributed by atoms with E-state index in [-0.39, 0.29) is 29.6 Å². The van der Waals surface area contributed by atoms with Crippen molar-refractivity contribution in [3.8, 4) is 5.75 Å². The van der Waals surface area contributed by atoms with Gasteiger partial charge in [-0.15, -0.1) is 0 Å². The van der Waals surface area contributed by atoms with Crippen molar-refractivity contribution in [2.75, 3.05) is 0 Å². The number of phenolic OH excluding ortho intramolecular Hbond substituents is 1. The van der Waals surface area contributed by atoms with Gasteiger partial charge in [0.05, 0.1) is 0 Å². The van der Waals surface area contributed by atoms with E-state index in [2.05, 4.69) is 13.8 Å². The topological polar surface area (TPSA) is 20.2 Å². The molecule has 11 heavy (non-hydrogen) atoms. The first-order valence-corrected chi connectivity index (χ1v) is 3.49. The number of para-hydroxylation sites is 1. The second-order valence-electron chi connectivity index (χ2n) is 2.71. The van der Waals surface area contributed by atoms with Crippen LogP contribution in [0.4, 0.5) is 0 Å². The van der Waals surface area contributed by atoms with Gasteiger partial charge >= 0.3 is 29.6 Å². The van der Waals surface area contributed by atoms with E-state index in [1.807, 2.05) is 18.2 Å². The first-order chi connectivity index (χ1) is 4.72. The Labute approximate surface area is 89.7 Å². The molecule has 0 unspecified atom stereocenters. The minimum absolute atomic E-state index is 0. The Balaban J connectivity index is 0.000001000. The van der Waals surface area contributed by atoms with Gasteiger partial charge in [0, 0.05) is 0 Å². The summed E-state index contributed by atoms with van der Waals surface area (Å²) in [6.07, 6.45) is 0. The van der Waals surface area contributed by atoms with Crippen LogP contribution in [0.25, 0.3) is 0 Å². The van der Waals surface area contributed by atoms with Crippen LogP contribution in [0.15, 0.2) is 24.3 Å². The second kappa shape index (κ2) is 4.81. The fourth-order valence-corrected chi connectivity index (χ4v) is 0.976. The van der Waals surface area contributed by atoms with Crippen LogP contribution in [-0.4, -0.2) is 34.7 Å². The van der Waals surface area contributed by atoms with Crippen molar-refractivity contribution in [3.05, 3.63) is 29.8 Å². The predicted octanol–water partition coefficient (Wildman–Crippen LogP) is 1.87. The Morgan fingerprint density at radius 2 is 1.73 bits per heavy atom. The molecule has 0 bridgehead atoms. The number of benzene rings is 1. The summed E-state index contributed by atoms with van der Waals surface area (Å²) < 4.78 is 0. The molecule has 1 nitrogen and oxygen atoms in total. The molecule has 0 saturated heterocycles. The van der Waals surface area contributed by atoms with E-state index in [1.165, 1.54) is 0 Å². The summed E-state index contributed by atoms with van der Waals surface area (Å²) in [5.74, 6) is 0.804. The molecule has 0 aliphatic carbocycles. The van der Waals surface area contributed by atoms with Gasteiger partial charge in [-0.25, -0.2) is 0 Å². The van der Waals surface area contributed by atoms with Gasteiger partial charge in [0.2, 0.25) is 0 Å². The molecule has 2 heteroatoms. The molecule has 0 saturated carbocycles. The van der Waals surface area contributed by atoms with Gasteiger partial charge < -0.3 is 5.11 Å². The number of phenols is 1. The SMILES string of the molecule is CC(C)c1ccccc1O.[NaH]. The van der Waals surface area contributed by atoms with Crippen LogP contribution in [-0.2, 0) is 0 Å². The summed E-state index contributed by atoms with van der Waals surface area (Å²) in [5, 5.41) is 9.28. The maximum absolute atomic E-state index is 9.28. The van der Waals surface area contributed by atoms with E-state index in [1.54, 1.807) is 6.07 Å². The average molecular weight is 160 g/mol. The molecular formula is C9H13NaO. The number of rotatable bonds is 1. The van der Waals surface area contributed by atoms with E-state index in [9.17, 15) is 5.11 Å². The quantitative estimate of drug-likeness (QED) is 0.622. The summed E-state index contributed by atoms with van der Waals surface area (Å²) in [6.45, 7) is 4.13. The molecule has 0 atom stereocenters. The van der Waals surface area contributed by atoms with Crippen LogP contribution in [0.5, 0.6) is 5.75 Å². The summed E-state index contributed by atoms with van der Waals surface area (Å²) in [6, 6.07) is 7.44. The van der Waals surface area contributed by atoms with Gasteiger partial charge in [-0.2, -0.15) is 0 Å². The van der Waals surface area contributed by atoms with Crippen LogP contribution in [0, 0.1) is 0 Å². The molecular weight excluding hydrogens is 147 g/mol. The Morgan fingerprint density at radius 1 is 1.18 bits per heavy atom. The van der Waals surface area contributed by atoms with Gasteiger partial charge in [0.25, 0.3) is 0 Å². The molecule has 56 valence electrons. The number of aromatic hydroxyl groups is 1. The third kappa shape index (κ3) is 2.86. The molecule has 1 rings (SSSR count). The molecule has 0 aromatic heterocycles. The maximum atomic E-state index is 9.28. The van der Waals surface area contributed by atoms with Gasteiger partial charge in [-0.05, 0) is 17.5 Å². The van der Waals surface area contributed by atoms with Crippen molar-refractivity contribution in [3.63, 3.8) is 0 Å². The molecule has 0 heterocycles. The standard InChI is InChI=1S/C9H12O.Na.H/c1-7(2)8-5-3-4-6-9(8)10;;/h3-7,10H,1-2H3;;. The molecule has 0 amide bonds. The van der Waals surface area contributed by atoms with Crippen molar-refractivity contribution in [1.29, 1.82) is 0 Å². The van der Waals surface area contributed by atoms with Crippen LogP contribution in [0.1, 0.15) is 25.3 Å². The van der Waals surface area contributed by atoms with Gasteiger partial charge in [0.1, 0.15) is 5.75 Å². The third-order valence-electron chi connectivity index (χ3n) is 1.56. The summed E-state index contributed by atoms with van der Waals surface area (Å²) in [4.78, 5) is 0. The first kappa shape index (κ1) is 11.0. The van der Waals surface area contributed by atoms with E-state index >= 15 is 0 Å². The molecule has 0 aliphatic heterocycles. The predicted molar refractivity (Wildman–Crippen MR) is 49.3 cm³/mol. The zero-order chi connectivity index (χ0) is 7.56. The first-order valence-electron chi connectivity index (χ1n) is 3.49. The van der Waals surface area contributed by atoms with Crippen LogP contribution in [0.2, 0.25) is 0 Å². The monoisotopic (exact) mass is 160 g/mol. The molecule has 0 aliphatic rings. The average Bonchev–Trinajstić information content (AvgIpc) is 1.88. The molecule has 1 aromatic rings. The summed E-state index contributed by atoms with van der Waals surface area (Å²) >= 11 is 0. The van der Waals surface area contributed by atoms with Crippen LogP contribution in [0.3, 0.4) is 0 Å². The van der Waals surface area contributed by atoms with E-state index in [0.29, 0.717) is 11.7 Å². The Bertz CT molecular complexity index is 221. The van der Waals surface area contributed by atoms with Gasteiger partial charge in [-0.3, -0.25) is 0 Å². The Morgan fingerprint density at radius 3 is 2.09 bits per heavy atom. The minimum atomic E-state index is 0. The van der Waals surface area contributed by atoms with Crippen molar-refractivity contribution < 1.29 is 5.11 Å². The van der Waals surface area contributed by atoms with Gasteiger partial charge in [0.15, 0.2) is 0 Å². The fraction of sp³-hybridized carbons (Fsp3) is 0.333. The molecule has 0 spiro atoms. The third-order valence-corrected chi connectivity index (χ3v) is 1.56. The van der Waals surface area contributed by atoms with Crippen molar-refractivity contribution in [2.24, 2.45) is 0 Å². The van der Waals surface area contributed by atoms with Crippen molar-refractivity contribution in [1.82, 2.24) is 0 Å². The van der Waals surface area contributed by atoms with Gasteiger partial charge in [-0.1, -0.05) is 32.0 Å². The summed E-state index contributed by atoms with van der Waals surface area (Å²) in [5.41, 5.74) is 1.02. The molecule has 1 aromatic carbocycles. The zero-order valence-corrected chi connectivity index (χ0v) is 6.33. The normalized spacial score (nSPS) is 9.36. The van der Waals surface area contributed by atoms with E-state index in [4.69, 9.17) is 0 Å². The summed E-state index contributed by atoms with van der Waals surface area (Å²) in [7, 11) is 0. The zero-order valence-electron chi connectivity index (χ0n) is 6.33. The number of hydrogen-bond donors (Lipinski definition) is 1. The second-order valence-corrected chi connectivity index (χ2v) is 2.71. The Kier molecular flexibility index (Phi) is 4.82. The van der Waals surface area contributed by atoms with E-state index in [0.717, 1.165) is 5.56 Å². The van der Waals surface area contributed by atoms with E-state index < -0.39 is 0 Å². The van der Waals surface area contributed by atoms with Crippen LogP contribution < -0.4 is 0 Å². The van der Waals surface area contributed by atoms with Crippen LogP contribution >= 0.6 is 0 Å². The molecule has 0 radical (unpaired) electrons. The molecule has 0 fully saturated rings. The fourth-order valence-electron chi connectivity index (χ4n) is 0.976. The van der Waals surface area contributed by atoms with Crippen molar-refractivity contribution >= 4 is 29.6 Å².